The summed E-state index contributed by atoms with van der Waals surface area (Å²) in [7, 11) is 0. The number of anilines is 1. The molecule has 0 spiro atoms. The second kappa shape index (κ2) is 7.48. The molecular formula is C18H16N2O5. The van der Waals surface area contributed by atoms with Gasteiger partial charge in [0.05, 0.1) is 11.3 Å². The first-order chi connectivity index (χ1) is 11.8. The van der Waals surface area contributed by atoms with Crippen molar-refractivity contribution in [2.45, 2.75) is 20.3 Å². The van der Waals surface area contributed by atoms with E-state index in [1.54, 1.807) is 12.1 Å². The third kappa shape index (κ3) is 4.35. The van der Waals surface area contributed by atoms with E-state index in [1.807, 2.05) is 19.9 Å². The van der Waals surface area contributed by atoms with Gasteiger partial charge in [0, 0.05) is 23.4 Å². The van der Waals surface area contributed by atoms with E-state index in [0.717, 1.165) is 11.1 Å². The van der Waals surface area contributed by atoms with Crippen molar-refractivity contribution < 1.29 is 19.3 Å². The monoisotopic (exact) mass is 340 g/mol. The number of Topliss-reactive ketones (excluding diaryl/α,β-unsaturated/α-hetero) is 2. The Bertz CT molecular complexity index is 856. The van der Waals surface area contributed by atoms with Crippen LogP contribution in [0.4, 0.5) is 11.4 Å². The summed E-state index contributed by atoms with van der Waals surface area (Å²) in [4.78, 5) is 46.0. The Hall–Kier alpha value is -3.35. The molecule has 7 nitrogen and oxygen atoms in total. The fourth-order valence-electron chi connectivity index (χ4n) is 2.18. The standard InChI is InChI=1S/C18H16N2O5/c1-11-4-3-5-15(12(11)2)19-18(23)17(22)10-16(21)13-6-8-14(9-7-13)20(24)25/h3-9H,10H2,1-2H3,(H,19,23). The van der Waals surface area contributed by atoms with Crippen LogP contribution in [-0.2, 0) is 9.59 Å². The minimum atomic E-state index is -0.871. The van der Waals surface area contributed by atoms with Crippen LogP contribution in [0.2, 0.25) is 0 Å². The van der Waals surface area contributed by atoms with Crippen molar-refractivity contribution in [2.24, 2.45) is 0 Å². The summed E-state index contributed by atoms with van der Waals surface area (Å²) in [5, 5.41) is 13.1. The maximum absolute atomic E-state index is 12.0. The van der Waals surface area contributed by atoms with Gasteiger partial charge in [-0.1, -0.05) is 12.1 Å². The van der Waals surface area contributed by atoms with E-state index in [0.29, 0.717) is 5.69 Å². The molecule has 0 aliphatic heterocycles. The van der Waals surface area contributed by atoms with E-state index < -0.39 is 28.8 Å². The lowest BCUT2D eigenvalue weighted by atomic mass is 10.0. The molecule has 0 aromatic heterocycles. The van der Waals surface area contributed by atoms with Gasteiger partial charge in [0.15, 0.2) is 5.78 Å². The first-order valence-electron chi connectivity index (χ1n) is 7.47. The number of rotatable bonds is 6. The van der Waals surface area contributed by atoms with Gasteiger partial charge in [0.25, 0.3) is 11.6 Å². The second-order valence-electron chi connectivity index (χ2n) is 5.53. The molecule has 0 aliphatic carbocycles. The summed E-state index contributed by atoms with van der Waals surface area (Å²) in [5.74, 6) is -2.32. The fraction of sp³-hybridized carbons (Fsp3) is 0.167. The van der Waals surface area contributed by atoms with E-state index in [-0.39, 0.29) is 11.3 Å². The average molecular weight is 340 g/mol. The van der Waals surface area contributed by atoms with E-state index in [2.05, 4.69) is 5.32 Å². The molecule has 0 saturated heterocycles. The molecule has 0 fully saturated rings. The van der Waals surface area contributed by atoms with Gasteiger partial charge in [-0.25, -0.2) is 0 Å². The molecule has 0 heterocycles. The van der Waals surface area contributed by atoms with Gasteiger partial charge in [-0.2, -0.15) is 0 Å². The minimum Gasteiger partial charge on any atom is -0.319 e. The Labute approximate surface area is 143 Å². The van der Waals surface area contributed by atoms with Crippen molar-refractivity contribution in [1.82, 2.24) is 0 Å². The summed E-state index contributed by atoms with van der Waals surface area (Å²) >= 11 is 0. The number of nitro benzene ring substituents is 1. The van der Waals surface area contributed by atoms with Gasteiger partial charge in [0.1, 0.15) is 0 Å². The van der Waals surface area contributed by atoms with Crippen LogP contribution in [0, 0.1) is 24.0 Å². The average Bonchev–Trinajstić information content (AvgIpc) is 2.58. The zero-order valence-corrected chi connectivity index (χ0v) is 13.7. The summed E-state index contributed by atoms with van der Waals surface area (Å²) in [6.07, 6.45) is -0.603. The molecule has 2 aromatic rings. The normalized spacial score (nSPS) is 10.2. The van der Waals surface area contributed by atoms with Crippen molar-refractivity contribution in [3.05, 3.63) is 69.3 Å². The van der Waals surface area contributed by atoms with Crippen LogP contribution in [0.25, 0.3) is 0 Å². The highest BCUT2D eigenvalue weighted by molar-refractivity contribution is 6.44. The highest BCUT2D eigenvalue weighted by atomic mass is 16.6. The van der Waals surface area contributed by atoms with E-state index in [4.69, 9.17) is 0 Å². The number of amides is 1. The number of carbonyl (C=O) groups is 3. The van der Waals surface area contributed by atoms with Crippen LogP contribution in [0.1, 0.15) is 27.9 Å². The number of nitrogens with one attached hydrogen (secondary N) is 1. The number of benzene rings is 2. The van der Waals surface area contributed by atoms with Crippen LogP contribution >= 0.6 is 0 Å². The first-order valence-corrected chi connectivity index (χ1v) is 7.47. The summed E-state index contributed by atoms with van der Waals surface area (Å²) in [5.41, 5.74) is 2.30. The minimum absolute atomic E-state index is 0.137. The fourth-order valence-corrected chi connectivity index (χ4v) is 2.18. The Morgan fingerprint density at radius 1 is 1.04 bits per heavy atom. The number of non-ortho nitro benzene ring substituents is 1. The van der Waals surface area contributed by atoms with E-state index in [1.165, 1.54) is 24.3 Å². The third-order valence-electron chi connectivity index (χ3n) is 3.83. The van der Waals surface area contributed by atoms with Crippen LogP contribution in [-0.4, -0.2) is 22.4 Å². The largest absolute Gasteiger partial charge is 0.319 e. The zero-order valence-electron chi connectivity index (χ0n) is 13.7. The topological polar surface area (TPSA) is 106 Å². The van der Waals surface area contributed by atoms with Gasteiger partial charge in [0.2, 0.25) is 5.78 Å². The highest BCUT2D eigenvalue weighted by Crippen LogP contribution is 2.18. The SMILES string of the molecule is Cc1cccc(NC(=O)C(=O)CC(=O)c2ccc([N+](=O)[O-])cc2)c1C. The lowest BCUT2D eigenvalue weighted by Crippen LogP contribution is -2.25. The van der Waals surface area contributed by atoms with Crippen LogP contribution < -0.4 is 5.32 Å². The van der Waals surface area contributed by atoms with Crippen LogP contribution in [0.5, 0.6) is 0 Å². The quantitative estimate of drug-likeness (QED) is 0.286. The lowest BCUT2D eigenvalue weighted by Gasteiger charge is -2.09. The highest BCUT2D eigenvalue weighted by Gasteiger charge is 2.20. The molecule has 0 aliphatic rings. The summed E-state index contributed by atoms with van der Waals surface area (Å²) in [6, 6.07) is 10.2. The molecule has 0 bridgehead atoms. The van der Waals surface area contributed by atoms with Crippen molar-refractivity contribution in [1.29, 1.82) is 0 Å². The molecule has 0 unspecified atom stereocenters. The summed E-state index contributed by atoms with van der Waals surface area (Å²) in [6.45, 7) is 3.70. The Balaban J connectivity index is 2.03. The van der Waals surface area contributed by atoms with E-state index >= 15 is 0 Å². The molecule has 0 radical (unpaired) electrons. The van der Waals surface area contributed by atoms with Crippen molar-refractivity contribution >= 4 is 28.8 Å². The number of hydrogen-bond donors (Lipinski definition) is 1. The molecule has 2 rings (SSSR count). The Kier molecular flexibility index (Phi) is 5.38. The molecule has 0 atom stereocenters. The molecule has 7 heteroatoms. The Morgan fingerprint density at radius 3 is 2.28 bits per heavy atom. The zero-order chi connectivity index (χ0) is 18.6. The lowest BCUT2D eigenvalue weighted by molar-refractivity contribution is -0.384. The maximum Gasteiger partial charge on any atom is 0.292 e. The number of nitro groups is 1. The first kappa shape index (κ1) is 18.0. The molecule has 128 valence electrons. The van der Waals surface area contributed by atoms with Crippen molar-refractivity contribution in [3.63, 3.8) is 0 Å². The number of hydrogen-bond acceptors (Lipinski definition) is 5. The van der Waals surface area contributed by atoms with Gasteiger partial charge in [-0.15, -0.1) is 0 Å². The molecular weight excluding hydrogens is 324 g/mol. The van der Waals surface area contributed by atoms with Gasteiger partial charge in [-0.3, -0.25) is 24.5 Å². The number of nitrogens with zero attached hydrogens (tertiary/aromatic N) is 1. The van der Waals surface area contributed by atoms with Gasteiger partial charge in [-0.05, 0) is 43.2 Å². The molecule has 0 saturated carbocycles. The molecule has 1 N–H and O–H groups in total. The van der Waals surface area contributed by atoms with E-state index in [9.17, 15) is 24.5 Å². The van der Waals surface area contributed by atoms with Crippen LogP contribution in [0.3, 0.4) is 0 Å². The smallest absolute Gasteiger partial charge is 0.292 e. The molecule has 2 aromatic carbocycles. The number of ketones is 2. The predicted octanol–water partition coefficient (Wildman–Crippen LogP) is 2.99. The molecule has 1 amide bonds. The second-order valence-corrected chi connectivity index (χ2v) is 5.53. The predicted molar refractivity (Wildman–Crippen MR) is 91.6 cm³/mol. The maximum atomic E-state index is 12.0. The third-order valence-corrected chi connectivity index (χ3v) is 3.83. The van der Waals surface area contributed by atoms with Gasteiger partial charge >= 0.3 is 0 Å². The van der Waals surface area contributed by atoms with Crippen LogP contribution in [0.15, 0.2) is 42.5 Å². The number of carbonyl (C=O) groups excluding carboxylic acids is 3. The number of aryl methyl sites for hydroxylation is 1. The van der Waals surface area contributed by atoms with Crippen molar-refractivity contribution in [2.75, 3.05) is 5.32 Å². The van der Waals surface area contributed by atoms with Crippen molar-refractivity contribution in [3.8, 4) is 0 Å². The van der Waals surface area contributed by atoms with Gasteiger partial charge < -0.3 is 5.32 Å². The molecule has 25 heavy (non-hydrogen) atoms. The Morgan fingerprint density at radius 2 is 1.68 bits per heavy atom. The summed E-state index contributed by atoms with van der Waals surface area (Å²) < 4.78 is 0.